The number of para-hydroxylation sites is 1. The van der Waals surface area contributed by atoms with Crippen molar-refractivity contribution in [2.75, 3.05) is 0 Å². The highest BCUT2D eigenvalue weighted by Crippen LogP contribution is 2.06. The first kappa shape index (κ1) is 14.4. The lowest BCUT2D eigenvalue weighted by molar-refractivity contribution is -0.384. The molecule has 0 amide bonds. The summed E-state index contributed by atoms with van der Waals surface area (Å²) in [5.74, 6) is 0. The lowest BCUT2D eigenvalue weighted by atomic mass is 10.2. The van der Waals surface area contributed by atoms with Gasteiger partial charge in [0, 0.05) is 12.1 Å². The van der Waals surface area contributed by atoms with Gasteiger partial charge >= 0.3 is 0 Å². The summed E-state index contributed by atoms with van der Waals surface area (Å²) in [7, 11) is 0. The summed E-state index contributed by atoms with van der Waals surface area (Å²) in [6.07, 6.45) is 1.36. The van der Waals surface area contributed by atoms with Crippen LogP contribution in [0.4, 0.5) is 5.69 Å². The SMILES string of the molecule is CC(C)(S)C=[N+]=[N-].O=[N+]([O-])c1ccccc1. The summed E-state index contributed by atoms with van der Waals surface area (Å²) in [5.41, 5.74) is 8.06. The van der Waals surface area contributed by atoms with E-state index < -0.39 is 4.92 Å². The Morgan fingerprint density at radius 3 is 2.12 bits per heavy atom. The van der Waals surface area contributed by atoms with Crippen LogP contribution in [0.5, 0.6) is 0 Å². The Balaban J connectivity index is 0.000000293. The molecule has 0 spiro atoms. The average molecular weight is 239 g/mol. The molecule has 16 heavy (non-hydrogen) atoms. The first-order chi connectivity index (χ1) is 7.37. The molecule has 0 unspecified atom stereocenters. The van der Waals surface area contributed by atoms with Gasteiger partial charge in [0.2, 0.25) is 0 Å². The topological polar surface area (TPSA) is 79.5 Å². The van der Waals surface area contributed by atoms with E-state index in [4.69, 9.17) is 5.53 Å². The van der Waals surface area contributed by atoms with Crippen LogP contribution >= 0.6 is 12.6 Å². The van der Waals surface area contributed by atoms with Gasteiger partial charge in [-0.15, -0.1) is 0 Å². The van der Waals surface area contributed by atoms with Crippen molar-refractivity contribution in [1.29, 1.82) is 0 Å². The lowest BCUT2D eigenvalue weighted by Gasteiger charge is -1.99. The van der Waals surface area contributed by atoms with Crippen LogP contribution in [0.15, 0.2) is 30.3 Å². The summed E-state index contributed by atoms with van der Waals surface area (Å²) in [6, 6.07) is 7.93. The van der Waals surface area contributed by atoms with Gasteiger partial charge in [-0.25, -0.2) is 0 Å². The number of rotatable bonds is 2. The molecule has 0 radical (unpaired) electrons. The second-order valence-corrected chi connectivity index (χ2v) is 4.64. The molecule has 0 bridgehead atoms. The molecule has 0 atom stereocenters. The Hall–Kier alpha value is -1.65. The number of thiol groups is 1. The van der Waals surface area contributed by atoms with E-state index >= 15 is 0 Å². The van der Waals surface area contributed by atoms with Crippen LogP contribution in [0.3, 0.4) is 0 Å². The van der Waals surface area contributed by atoms with Gasteiger partial charge in [-0.3, -0.25) is 10.1 Å². The monoisotopic (exact) mass is 239 g/mol. The summed E-state index contributed by atoms with van der Waals surface area (Å²) in [6.45, 7) is 3.66. The second kappa shape index (κ2) is 6.76. The minimum Gasteiger partial charge on any atom is -0.362 e. The molecule has 0 aromatic heterocycles. The number of nitro groups is 1. The molecular formula is C10H13N3O2S. The van der Waals surface area contributed by atoms with Gasteiger partial charge in [0.1, 0.15) is 4.75 Å². The zero-order chi connectivity index (χ0) is 12.6. The van der Waals surface area contributed by atoms with Crippen molar-refractivity contribution in [1.82, 2.24) is 0 Å². The number of nitrogens with zero attached hydrogens (tertiary/aromatic N) is 3. The van der Waals surface area contributed by atoms with Crippen molar-refractivity contribution in [2.24, 2.45) is 0 Å². The van der Waals surface area contributed by atoms with Gasteiger partial charge in [0.25, 0.3) is 11.9 Å². The Morgan fingerprint density at radius 1 is 1.44 bits per heavy atom. The predicted molar refractivity (Wildman–Crippen MR) is 65.8 cm³/mol. The van der Waals surface area contributed by atoms with E-state index in [1.807, 2.05) is 13.8 Å². The van der Waals surface area contributed by atoms with Gasteiger partial charge in [0.05, 0.1) is 4.92 Å². The maximum absolute atomic E-state index is 10.0. The Bertz CT molecular complexity index is 381. The number of benzene rings is 1. The molecule has 0 saturated carbocycles. The highest BCUT2D eigenvalue weighted by atomic mass is 32.1. The number of nitro benzene ring substituents is 1. The van der Waals surface area contributed by atoms with E-state index in [-0.39, 0.29) is 10.4 Å². The fraction of sp³-hybridized carbons (Fsp3) is 0.300. The third-order valence-corrected chi connectivity index (χ3v) is 1.46. The van der Waals surface area contributed by atoms with E-state index in [0.717, 1.165) is 0 Å². The summed E-state index contributed by atoms with van der Waals surface area (Å²) in [4.78, 5) is 12.4. The number of hydrogen-bond acceptors (Lipinski definition) is 3. The van der Waals surface area contributed by atoms with Crippen LogP contribution in [0.25, 0.3) is 5.53 Å². The molecule has 1 aromatic carbocycles. The van der Waals surface area contributed by atoms with Crippen LogP contribution in [0.1, 0.15) is 13.8 Å². The Labute approximate surface area is 99.3 Å². The highest BCUT2D eigenvalue weighted by Gasteiger charge is 2.11. The smallest absolute Gasteiger partial charge is 0.272 e. The molecule has 0 aliphatic rings. The predicted octanol–water partition coefficient (Wildman–Crippen LogP) is 2.59. The zero-order valence-electron chi connectivity index (χ0n) is 9.07. The third kappa shape index (κ3) is 7.73. The van der Waals surface area contributed by atoms with Crippen molar-refractivity contribution >= 4 is 24.5 Å². The van der Waals surface area contributed by atoms with E-state index in [1.165, 1.54) is 18.3 Å². The van der Waals surface area contributed by atoms with Crippen molar-refractivity contribution < 1.29 is 9.71 Å². The van der Waals surface area contributed by atoms with Gasteiger partial charge in [-0.1, -0.05) is 18.2 Å². The van der Waals surface area contributed by atoms with E-state index in [2.05, 4.69) is 17.4 Å². The third-order valence-electron chi connectivity index (χ3n) is 1.34. The van der Waals surface area contributed by atoms with Crippen LogP contribution in [-0.4, -0.2) is 20.7 Å². The van der Waals surface area contributed by atoms with Gasteiger partial charge in [-0.05, 0) is 13.8 Å². The molecule has 0 aliphatic carbocycles. The maximum atomic E-state index is 10.0. The second-order valence-electron chi connectivity index (χ2n) is 3.49. The number of hydrogen-bond donors (Lipinski definition) is 1. The standard InChI is InChI=1S/C6H5NO2.C4H8N2S/c8-7(9)6-4-2-1-3-5-6;1-4(2,7)3-6-5/h1-5H;3,7H,1-2H3. The first-order valence-corrected chi connectivity index (χ1v) is 4.92. The molecule has 1 aromatic rings. The van der Waals surface area contributed by atoms with E-state index in [0.29, 0.717) is 0 Å². The van der Waals surface area contributed by atoms with Crippen LogP contribution in [0, 0.1) is 10.1 Å². The largest absolute Gasteiger partial charge is 0.362 e. The van der Waals surface area contributed by atoms with Gasteiger partial charge in [-0.2, -0.15) is 17.4 Å². The fourth-order valence-corrected chi connectivity index (χ4v) is 0.743. The zero-order valence-corrected chi connectivity index (χ0v) is 9.96. The summed E-state index contributed by atoms with van der Waals surface area (Å²) in [5, 5.41) is 10.0. The van der Waals surface area contributed by atoms with Crippen molar-refractivity contribution in [3.63, 3.8) is 0 Å². The van der Waals surface area contributed by atoms with Crippen LogP contribution in [-0.2, 0) is 0 Å². The van der Waals surface area contributed by atoms with Crippen molar-refractivity contribution in [2.45, 2.75) is 18.6 Å². The lowest BCUT2D eigenvalue weighted by Crippen LogP contribution is -2.11. The van der Waals surface area contributed by atoms with Crippen LogP contribution in [0.2, 0.25) is 0 Å². The molecule has 0 aliphatic heterocycles. The highest BCUT2D eigenvalue weighted by molar-refractivity contribution is 7.82. The molecule has 0 saturated heterocycles. The van der Waals surface area contributed by atoms with E-state index in [9.17, 15) is 10.1 Å². The van der Waals surface area contributed by atoms with Crippen LogP contribution < -0.4 is 0 Å². The van der Waals surface area contributed by atoms with Gasteiger partial charge < -0.3 is 5.53 Å². The molecule has 6 heteroatoms. The summed E-state index contributed by atoms with van der Waals surface area (Å²) < 4.78 is -0.297. The summed E-state index contributed by atoms with van der Waals surface area (Å²) >= 11 is 4.03. The quantitative estimate of drug-likeness (QED) is 0.215. The molecule has 0 fully saturated rings. The van der Waals surface area contributed by atoms with Crippen molar-refractivity contribution in [3.8, 4) is 0 Å². The fourth-order valence-electron chi connectivity index (χ4n) is 0.691. The minimum absolute atomic E-state index is 0.137. The molecule has 86 valence electrons. The molecular weight excluding hydrogens is 226 g/mol. The average Bonchev–Trinajstić information content (AvgIpc) is 2.18. The van der Waals surface area contributed by atoms with Gasteiger partial charge in [0.15, 0.2) is 0 Å². The normalized spacial score (nSPS) is 9.44. The molecule has 0 heterocycles. The Kier molecular flexibility index (Phi) is 6.07. The molecule has 5 nitrogen and oxygen atoms in total. The number of non-ortho nitro benzene ring substituents is 1. The Morgan fingerprint density at radius 2 is 1.94 bits per heavy atom. The molecule has 1 rings (SSSR count). The molecule has 0 N–H and O–H groups in total. The first-order valence-electron chi connectivity index (χ1n) is 4.47. The minimum atomic E-state index is -0.417. The van der Waals surface area contributed by atoms with E-state index in [1.54, 1.807) is 18.2 Å². The van der Waals surface area contributed by atoms with Crippen molar-refractivity contribution in [3.05, 3.63) is 46.0 Å². The maximum Gasteiger partial charge on any atom is 0.272 e.